The van der Waals surface area contributed by atoms with Crippen molar-refractivity contribution in [1.82, 2.24) is 20.3 Å². The first-order valence-electron chi connectivity index (χ1n) is 9.30. The molecule has 10 heteroatoms. The van der Waals surface area contributed by atoms with E-state index in [-0.39, 0.29) is 5.91 Å². The van der Waals surface area contributed by atoms with E-state index in [1.807, 2.05) is 35.7 Å². The molecule has 0 spiro atoms. The van der Waals surface area contributed by atoms with Crippen molar-refractivity contribution in [1.29, 1.82) is 0 Å². The number of pyridine rings is 1. The maximum Gasteiger partial charge on any atom is 0.259 e. The topological polar surface area (TPSA) is 93.8 Å². The van der Waals surface area contributed by atoms with E-state index in [1.54, 1.807) is 36.1 Å². The predicted molar refractivity (Wildman–Crippen MR) is 124 cm³/mol. The highest BCUT2D eigenvalue weighted by atomic mass is 32.2. The third kappa shape index (κ3) is 4.22. The lowest BCUT2D eigenvalue weighted by Gasteiger charge is -2.05. The summed E-state index contributed by atoms with van der Waals surface area (Å²) < 4.78 is 6.13. The number of hydrogen-bond donors (Lipinski definition) is 1. The van der Waals surface area contributed by atoms with Crippen molar-refractivity contribution in [2.45, 2.75) is 17.0 Å². The van der Waals surface area contributed by atoms with E-state index in [9.17, 15) is 4.79 Å². The number of carbonyl (C=O) groups is 1. The van der Waals surface area contributed by atoms with Gasteiger partial charge in [-0.05, 0) is 30.0 Å². The molecule has 0 saturated heterocycles. The van der Waals surface area contributed by atoms with Crippen LogP contribution in [0.15, 0.2) is 62.8 Å². The van der Waals surface area contributed by atoms with Crippen molar-refractivity contribution in [2.24, 2.45) is 0 Å². The Morgan fingerprint density at radius 1 is 1.16 bits per heavy atom. The summed E-state index contributed by atoms with van der Waals surface area (Å²) >= 11 is 4.47. The number of aryl methyl sites for hydroxylation is 1. The standard InChI is InChI=1S/C21H15N5O2S3/c1-12-17-14(10-15(16-8-5-9-29-16)22-19(17)28-26-12)18(27)23-20-24-25-21(31-20)30-11-13-6-3-2-4-7-13/h2-10H,11H2,1H3,(H,23,24,27). The first-order valence-corrected chi connectivity index (χ1v) is 12.0. The molecular formula is C21H15N5O2S3. The van der Waals surface area contributed by atoms with Crippen LogP contribution in [0.4, 0.5) is 5.13 Å². The van der Waals surface area contributed by atoms with Crippen LogP contribution in [0.1, 0.15) is 21.6 Å². The van der Waals surface area contributed by atoms with Crippen LogP contribution in [-0.4, -0.2) is 26.2 Å². The van der Waals surface area contributed by atoms with Gasteiger partial charge in [0.2, 0.25) is 5.13 Å². The lowest BCUT2D eigenvalue weighted by Crippen LogP contribution is -2.13. The maximum atomic E-state index is 13.1. The van der Waals surface area contributed by atoms with E-state index in [0.29, 0.717) is 33.2 Å². The van der Waals surface area contributed by atoms with Crippen molar-refractivity contribution in [2.75, 3.05) is 5.32 Å². The summed E-state index contributed by atoms with van der Waals surface area (Å²) in [7, 11) is 0. The molecule has 0 fully saturated rings. The molecule has 1 aromatic carbocycles. The molecular weight excluding hydrogens is 450 g/mol. The summed E-state index contributed by atoms with van der Waals surface area (Å²) in [4.78, 5) is 18.6. The molecule has 0 aliphatic carbocycles. The van der Waals surface area contributed by atoms with E-state index in [4.69, 9.17) is 4.52 Å². The van der Waals surface area contributed by atoms with Gasteiger partial charge in [0.1, 0.15) is 0 Å². The quantitative estimate of drug-likeness (QED) is 0.256. The van der Waals surface area contributed by atoms with Crippen molar-refractivity contribution in [3.05, 3.63) is 70.7 Å². The summed E-state index contributed by atoms with van der Waals surface area (Å²) in [6, 6.07) is 15.8. The summed E-state index contributed by atoms with van der Waals surface area (Å²) in [5.41, 5.74) is 3.27. The highest BCUT2D eigenvalue weighted by Gasteiger charge is 2.21. The Balaban J connectivity index is 1.38. The Bertz CT molecular complexity index is 1350. The van der Waals surface area contributed by atoms with Gasteiger partial charge >= 0.3 is 0 Å². The Morgan fingerprint density at radius 3 is 2.84 bits per heavy atom. The lowest BCUT2D eigenvalue weighted by molar-refractivity contribution is 0.102. The molecule has 7 nitrogen and oxygen atoms in total. The number of anilines is 1. The van der Waals surface area contributed by atoms with E-state index >= 15 is 0 Å². The molecule has 0 radical (unpaired) electrons. The maximum absolute atomic E-state index is 13.1. The number of carbonyl (C=O) groups excluding carboxylic acids is 1. The van der Waals surface area contributed by atoms with Gasteiger partial charge in [-0.15, -0.1) is 21.5 Å². The van der Waals surface area contributed by atoms with Crippen molar-refractivity contribution in [3.8, 4) is 10.6 Å². The number of benzene rings is 1. The van der Waals surface area contributed by atoms with E-state index in [0.717, 1.165) is 15.0 Å². The minimum absolute atomic E-state index is 0.299. The molecule has 31 heavy (non-hydrogen) atoms. The number of aromatic nitrogens is 4. The first-order chi connectivity index (χ1) is 15.2. The molecule has 0 bridgehead atoms. The minimum Gasteiger partial charge on any atom is -0.335 e. The number of nitrogens with zero attached hydrogens (tertiary/aromatic N) is 4. The van der Waals surface area contributed by atoms with Crippen LogP contribution in [0.2, 0.25) is 0 Å². The van der Waals surface area contributed by atoms with Crippen LogP contribution in [-0.2, 0) is 5.75 Å². The summed E-state index contributed by atoms with van der Waals surface area (Å²) in [6.07, 6.45) is 0. The van der Waals surface area contributed by atoms with Crippen LogP contribution < -0.4 is 5.32 Å². The van der Waals surface area contributed by atoms with Crippen LogP contribution in [0.25, 0.3) is 21.7 Å². The normalized spacial score (nSPS) is 11.1. The van der Waals surface area contributed by atoms with Crippen LogP contribution >= 0.6 is 34.4 Å². The molecule has 0 saturated carbocycles. The van der Waals surface area contributed by atoms with Gasteiger partial charge in [0, 0.05) is 5.75 Å². The molecule has 0 atom stereocenters. The third-order valence-electron chi connectivity index (χ3n) is 4.47. The largest absolute Gasteiger partial charge is 0.335 e. The molecule has 0 unspecified atom stereocenters. The van der Waals surface area contributed by atoms with E-state index < -0.39 is 0 Å². The Hall–Kier alpha value is -3.08. The van der Waals surface area contributed by atoms with Crippen molar-refractivity contribution in [3.63, 3.8) is 0 Å². The molecule has 5 aromatic rings. The number of fused-ring (bicyclic) bond motifs is 1. The van der Waals surface area contributed by atoms with Gasteiger partial charge in [-0.3, -0.25) is 10.1 Å². The second-order valence-electron chi connectivity index (χ2n) is 6.58. The van der Waals surface area contributed by atoms with Gasteiger partial charge in [-0.1, -0.05) is 64.7 Å². The van der Waals surface area contributed by atoms with Crippen LogP contribution in [0.5, 0.6) is 0 Å². The molecule has 4 aromatic heterocycles. The number of thiophene rings is 1. The molecule has 154 valence electrons. The minimum atomic E-state index is -0.299. The Morgan fingerprint density at radius 2 is 2.03 bits per heavy atom. The monoisotopic (exact) mass is 465 g/mol. The zero-order valence-electron chi connectivity index (χ0n) is 16.2. The van der Waals surface area contributed by atoms with Gasteiger partial charge in [0.25, 0.3) is 11.6 Å². The number of thioether (sulfide) groups is 1. The van der Waals surface area contributed by atoms with Gasteiger partial charge in [-0.25, -0.2) is 4.98 Å². The fraction of sp³-hybridized carbons (Fsp3) is 0.0952. The highest BCUT2D eigenvalue weighted by Crippen LogP contribution is 2.31. The number of hydrogen-bond acceptors (Lipinski definition) is 9. The Labute approximate surface area is 189 Å². The molecule has 4 heterocycles. The third-order valence-corrected chi connectivity index (χ3v) is 7.40. The van der Waals surface area contributed by atoms with Crippen molar-refractivity contribution >= 4 is 56.6 Å². The zero-order chi connectivity index (χ0) is 21.2. The van der Waals surface area contributed by atoms with Crippen LogP contribution in [0, 0.1) is 6.92 Å². The van der Waals surface area contributed by atoms with E-state index in [1.165, 1.54) is 16.9 Å². The second kappa shape index (κ2) is 8.58. The molecule has 0 aliphatic heterocycles. The SMILES string of the molecule is Cc1noc2nc(-c3cccs3)cc(C(=O)Nc3nnc(SCc4ccccc4)s3)c12. The average molecular weight is 466 g/mol. The number of amides is 1. The van der Waals surface area contributed by atoms with Gasteiger partial charge < -0.3 is 4.52 Å². The van der Waals surface area contributed by atoms with Crippen molar-refractivity contribution < 1.29 is 9.32 Å². The highest BCUT2D eigenvalue weighted by molar-refractivity contribution is 8.00. The van der Waals surface area contributed by atoms with Gasteiger partial charge in [0.05, 0.1) is 27.2 Å². The number of rotatable bonds is 6. The fourth-order valence-corrected chi connectivity index (χ4v) is 5.42. The number of nitrogens with one attached hydrogen (secondary N) is 1. The lowest BCUT2D eigenvalue weighted by atomic mass is 10.1. The molecule has 0 aliphatic rings. The second-order valence-corrected chi connectivity index (χ2v) is 9.73. The molecule has 1 amide bonds. The smallest absolute Gasteiger partial charge is 0.259 e. The predicted octanol–water partition coefficient (Wildman–Crippen LogP) is 5.66. The Kier molecular flexibility index (Phi) is 5.49. The summed E-state index contributed by atoms with van der Waals surface area (Å²) in [6.45, 7) is 1.79. The van der Waals surface area contributed by atoms with Crippen LogP contribution in [0.3, 0.4) is 0 Å². The van der Waals surface area contributed by atoms with E-state index in [2.05, 4.69) is 37.8 Å². The molecule has 5 rings (SSSR count). The summed E-state index contributed by atoms with van der Waals surface area (Å²) in [5, 5.41) is 18.1. The molecule has 1 N–H and O–H groups in total. The van der Waals surface area contributed by atoms with Gasteiger partial charge in [0.15, 0.2) is 4.34 Å². The fourth-order valence-electron chi connectivity index (χ4n) is 3.03. The van der Waals surface area contributed by atoms with Gasteiger partial charge in [-0.2, -0.15) is 0 Å². The average Bonchev–Trinajstić information content (AvgIpc) is 3.54. The first kappa shape index (κ1) is 19.9. The zero-order valence-corrected chi connectivity index (χ0v) is 18.7. The summed E-state index contributed by atoms with van der Waals surface area (Å²) in [5.74, 6) is 0.491.